The van der Waals surface area contributed by atoms with Crippen LogP contribution in [-0.4, -0.2) is 12.0 Å². The van der Waals surface area contributed by atoms with Gasteiger partial charge >= 0.3 is 0 Å². The smallest absolute Gasteiger partial charge is 0.147 e. The second-order valence-corrected chi connectivity index (χ2v) is 5.09. The van der Waals surface area contributed by atoms with Crippen LogP contribution in [0.5, 0.6) is 11.5 Å². The van der Waals surface area contributed by atoms with Crippen molar-refractivity contribution >= 4 is 44.9 Å². The number of nitrogens with one attached hydrogen (secondary N) is 1. The van der Waals surface area contributed by atoms with Crippen molar-refractivity contribution in [3.63, 3.8) is 0 Å². The Bertz CT molecular complexity index is 578. The SMILES string of the molecule is CNc1cc(Oc2cc(Cl)c(Br)cc2Cl)ccn1. The first-order valence-corrected chi connectivity index (χ1v) is 6.61. The van der Waals surface area contributed by atoms with E-state index in [9.17, 15) is 0 Å². The van der Waals surface area contributed by atoms with Gasteiger partial charge in [0.1, 0.15) is 17.3 Å². The van der Waals surface area contributed by atoms with E-state index in [1.54, 1.807) is 37.5 Å². The molecule has 0 saturated heterocycles. The summed E-state index contributed by atoms with van der Waals surface area (Å²) in [5.41, 5.74) is 0. The standard InChI is InChI=1S/C12H9BrCl2N2O/c1-16-12-4-7(2-3-17-12)18-11-6-9(14)8(13)5-10(11)15/h2-6H,1H3,(H,16,17). The minimum atomic E-state index is 0.481. The molecule has 0 unspecified atom stereocenters. The molecule has 0 aliphatic rings. The zero-order chi connectivity index (χ0) is 13.1. The average Bonchev–Trinajstić information content (AvgIpc) is 2.36. The maximum Gasteiger partial charge on any atom is 0.147 e. The highest BCUT2D eigenvalue weighted by Gasteiger charge is 2.08. The van der Waals surface area contributed by atoms with Crippen molar-refractivity contribution in [1.82, 2.24) is 4.98 Å². The minimum absolute atomic E-state index is 0.481. The molecule has 0 bridgehead atoms. The number of hydrogen-bond donors (Lipinski definition) is 1. The number of ether oxygens (including phenoxy) is 1. The first-order chi connectivity index (χ1) is 8.60. The summed E-state index contributed by atoms with van der Waals surface area (Å²) in [4.78, 5) is 4.10. The number of pyridine rings is 1. The Morgan fingerprint density at radius 1 is 1.22 bits per heavy atom. The van der Waals surface area contributed by atoms with E-state index in [-0.39, 0.29) is 0 Å². The van der Waals surface area contributed by atoms with Gasteiger partial charge in [0.2, 0.25) is 0 Å². The van der Waals surface area contributed by atoms with Gasteiger partial charge < -0.3 is 10.1 Å². The molecule has 18 heavy (non-hydrogen) atoms. The average molecular weight is 348 g/mol. The van der Waals surface area contributed by atoms with Crippen molar-refractivity contribution in [2.75, 3.05) is 12.4 Å². The minimum Gasteiger partial charge on any atom is -0.456 e. The number of halogens is 3. The van der Waals surface area contributed by atoms with E-state index in [1.807, 2.05) is 0 Å². The van der Waals surface area contributed by atoms with E-state index >= 15 is 0 Å². The fourth-order valence-electron chi connectivity index (χ4n) is 1.32. The maximum absolute atomic E-state index is 6.08. The fraction of sp³-hybridized carbons (Fsp3) is 0.0833. The Morgan fingerprint density at radius 3 is 2.72 bits per heavy atom. The molecular weight excluding hydrogens is 339 g/mol. The summed E-state index contributed by atoms with van der Waals surface area (Å²) in [5.74, 6) is 1.85. The van der Waals surface area contributed by atoms with Crippen molar-refractivity contribution in [2.45, 2.75) is 0 Å². The highest BCUT2D eigenvalue weighted by Crippen LogP contribution is 2.36. The summed E-state index contributed by atoms with van der Waals surface area (Å²) in [6, 6.07) is 6.87. The lowest BCUT2D eigenvalue weighted by atomic mass is 10.3. The van der Waals surface area contributed by atoms with Gasteiger partial charge in [0.05, 0.1) is 10.0 Å². The molecule has 0 atom stereocenters. The number of anilines is 1. The lowest BCUT2D eigenvalue weighted by Crippen LogP contribution is -1.93. The summed E-state index contributed by atoms with van der Waals surface area (Å²) in [7, 11) is 1.79. The molecule has 1 N–H and O–H groups in total. The second-order valence-electron chi connectivity index (χ2n) is 3.43. The number of nitrogens with zero attached hydrogens (tertiary/aromatic N) is 1. The van der Waals surface area contributed by atoms with Crippen LogP contribution in [-0.2, 0) is 0 Å². The molecule has 3 nitrogen and oxygen atoms in total. The fourth-order valence-corrected chi connectivity index (χ4v) is 2.15. The molecule has 1 aromatic heterocycles. The third-order valence-corrected chi connectivity index (χ3v) is 3.68. The number of hydrogen-bond acceptors (Lipinski definition) is 3. The van der Waals surface area contributed by atoms with Crippen LogP contribution in [0.1, 0.15) is 0 Å². The van der Waals surface area contributed by atoms with Crippen LogP contribution in [0.2, 0.25) is 10.0 Å². The van der Waals surface area contributed by atoms with Crippen molar-refractivity contribution in [1.29, 1.82) is 0 Å². The van der Waals surface area contributed by atoms with Crippen molar-refractivity contribution < 1.29 is 4.74 Å². The molecule has 2 rings (SSSR count). The van der Waals surface area contributed by atoms with Crippen molar-refractivity contribution in [2.24, 2.45) is 0 Å². The van der Waals surface area contributed by atoms with Crippen LogP contribution in [0.25, 0.3) is 0 Å². The van der Waals surface area contributed by atoms with E-state index in [0.717, 1.165) is 4.47 Å². The second kappa shape index (κ2) is 5.78. The van der Waals surface area contributed by atoms with Gasteiger partial charge in [-0.15, -0.1) is 0 Å². The molecule has 1 heterocycles. The van der Waals surface area contributed by atoms with Gasteiger partial charge in [0.15, 0.2) is 0 Å². The first kappa shape index (κ1) is 13.5. The van der Waals surface area contributed by atoms with E-state index in [4.69, 9.17) is 27.9 Å². The Labute approximate surface area is 123 Å². The first-order valence-electron chi connectivity index (χ1n) is 5.06. The molecule has 94 valence electrons. The van der Waals surface area contributed by atoms with Crippen molar-refractivity contribution in [3.8, 4) is 11.5 Å². The Morgan fingerprint density at radius 2 is 2.00 bits per heavy atom. The van der Waals surface area contributed by atoms with Crippen LogP contribution < -0.4 is 10.1 Å². The third kappa shape index (κ3) is 3.07. The Kier molecular flexibility index (Phi) is 4.32. The highest BCUT2D eigenvalue weighted by molar-refractivity contribution is 9.10. The van der Waals surface area contributed by atoms with Gasteiger partial charge in [-0.3, -0.25) is 0 Å². The number of benzene rings is 1. The number of aromatic nitrogens is 1. The molecule has 0 saturated carbocycles. The van der Waals surface area contributed by atoms with E-state index in [0.29, 0.717) is 27.4 Å². The summed E-state index contributed by atoms with van der Waals surface area (Å²) in [6.45, 7) is 0. The van der Waals surface area contributed by atoms with Gasteiger partial charge in [-0.25, -0.2) is 4.98 Å². The summed E-state index contributed by atoms with van der Waals surface area (Å²) < 4.78 is 6.40. The monoisotopic (exact) mass is 346 g/mol. The van der Waals surface area contributed by atoms with Crippen molar-refractivity contribution in [3.05, 3.63) is 45.0 Å². The van der Waals surface area contributed by atoms with Gasteiger partial charge in [-0.05, 0) is 28.1 Å². The molecule has 1 aromatic carbocycles. The van der Waals surface area contributed by atoms with E-state index in [2.05, 4.69) is 26.2 Å². The molecule has 0 aliphatic carbocycles. The van der Waals surface area contributed by atoms with E-state index in [1.165, 1.54) is 0 Å². The van der Waals surface area contributed by atoms with Gasteiger partial charge in [-0.2, -0.15) is 0 Å². The molecule has 0 fully saturated rings. The predicted molar refractivity (Wildman–Crippen MR) is 78.0 cm³/mol. The lowest BCUT2D eigenvalue weighted by Gasteiger charge is -2.09. The normalized spacial score (nSPS) is 10.2. The number of rotatable bonds is 3. The van der Waals surface area contributed by atoms with Crippen LogP contribution >= 0.6 is 39.1 Å². The topological polar surface area (TPSA) is 34.1 Å². The highest BCUT2D eigenvalue weighted by atomic mass is 79.9. The maximum atomic E-state index is 6.08. The molecule has 2 aromatic rings. The molecule has 0 radical (unpaired) electrons. The lowest BCUT2D eigenvalue weighted by molar-refractivity contribution is 0.482. The largest absolute Gasteiger partial charge is 0.456 e. The van der Waals surface area contributed by atoms with Crippen LogP contribution in [0.4, 0.5) is 5.82 Å². The van der Waals surface area contributed by atoms with Crippen LogP contribution in [0.15, 0.2) is 34.9 Å². The predicted octanol–water partition coefficient (Wildman–Crippen LogP) is 4.98. The quantitative estimate of drug-likeness (QED) is 0.794. The van der Waals surface area contributed by atoms with E-state index < -0.39 is 0 Å². The Hall–Kier alpha value is -0.970. The summed E-state index contributed by atoms with van der Waals surface area (Å²) in [6.07, 6.45) is 1.65. The molecule has 0 amide bonds. The Balaban J connectivity index is 2.30. The summed E-state index contributed by atoms with van der Waals surface area (Å²) >= 11 is 15.4. The summed E-state index contributed by atoms with van der Waals surface area (Å²) in [5, 5.41) is 3.95. The molecule has 0 spiro atoms. The van der Waals surface area contributed by atoms with Gasteiger partial charge in [-0.1, -0.05) is 23.2 Å². The zero-order valence-corrected chi connectivity index (χ0v) is 12.5. The molecule has 6 heteroatoms. The van der Waals surface area contributed by atoms with Crippen LogP contribution in [0.3, 0.4) is 0 Å². The van der Waals surface area contributed by atoms with Crippen LogP contribution in [0, 0.1) is 0 Å². The molecular formula is C12H9BrCl2N2O. The van der Waals surface area contributed by atoms with Gasteiger partial charge in [0.25, 0.3) is 0 Å². The van der Waals surface area contributed by atoms with Gasteiger partial charge in [0, 0.05) is 29.8 Å². The third-order valence-electron chi connectivity index (χ3n) is 2.19. The zero-order valence-electron chi connectivity index (χ0n) is 9.38. The molecule has 0 aliphatic heterocycles.